The molecule has 0 aromatic heterocycles. The number of thioether (sulfide) groups is 2. The number of carbonyl (C=O) groups is 1. The first-order chi connectivity index (χ1) is 25.6. The van der Waals surface area contributed by atoms with Crippen LogP contribution in [0.25, 0.3) is 0 Å². The van der Waals surface area contributed by atoms with Crippen molar-refractivity contribution in [3.05, 3.63) is 215 Å². The number of carbonyl (C=O) groups excluding carboxylic acids is 1. The third kappa shape index (κ3) is 6.92. The van der Waals surface area contributed by atoms with E-state index in [2.05, 4.69) is 193 Å². The van der Waals surface area contributed by atoms with Crippen LogP contribution in [0, 0.1) is 0 Å². The van der Waals surface area contributed by atoms with E-state index in [9.17, 15) is 4.79 Å². The summed E-state index contributed by atoms with van der Waals surface area (Å²) < 4.78 is -0.677. The predicted octanol–water partition coefficient (Wildman–Crippen LogP) is 10.8. The fourth-order valence-corrected chi connectivity index (χ4v) is 11.9. The molecule has 8 rings (SSSR count). The van der Waals surface area contributed by atoms with Crippen molar-refractivity contribution in [2.75, 3.05) is 0 Å². The van der Waals surface area contributed by atoms with Gasteiger partial charge in [0.2, 0.25) is 0 Å². The Morgan fingerprint density at radius 2 is 0.596 bits per heavy atom. The van der Waals surface area contributed by atoms with Crippen molar-refractivity contribution in [2.24, 2.45) is 0 Å². The van der Waals surface area contributed by atoms with Crippen molar-refractivity contribution in [1.29, 1.82) is 0 Å². The fraction of sp³-hybridized carbons (Fsp3) is 0.213. The van der Waals surface area contributed by atoms with Crippen molar-refractivity contribution < 1.29 is 4.79 Å². The Kier molecular flexibility index (Phi) is 10.2. The number of urea groups is 1. The van der Waals surface area contributed by atoms with Gasteiger partial charge in [0.1, 0.15) is 0 Å². The smallest absolute Gasteiger partial charge is 0.315 e. The van der Waals surface area contributed by atoms with Gasteiger partial charge in [-0.25, -0.2) is 4.79 Å². The van der Waals surface area contributed by atoms with Crippen LogP contribution in [0.1, 0.15) is 59.1 Å². The highest BCUT2D eigenvalue weighted by Gasteiger charge is 2.45. The van der Waals surface area contributed by atoms with Gasteiger partial charge in [-0.15, -0.1) is 23.5 Å². The normalized spacial score (nSPS) is 19.8. The maximum Gasteiger partial charge on any atom is 0.315 e. The molecule has 3 nitrogen and oxygen atoms in total. The summed E-state index contributed by atoms with van der Waals surface area (Å²) >= 11 is 4.05. The zero-order chi connectivity index (χ0) is 35.2. The zero-order valence-electron chi connectivity index (χ0n) is 29.2. The number of rotatable bonds is 12. The molecule has 6 aromatic rings. The van der Waals surface area contributed by atoms with Crippen molar-refractivity contribution >= 4 is 29.6 Å². The molecule has 0 bridgehead atoms. The van der Waals surface area contributed by atoms with E-state index in [-0.39, 0.29) is 27.6 Å². The Hall–Kier alpha value is -4.71. The second-order valence-corrected chi connectivity index (χ2v) is 17.0. The van der Waals surface area contributed by atoms with Crippen LogP contribution in [0.4, 0.5) is 4.79 Å². The Morgan fingerprint density at radius 3 is 0.808 bits per heavy atom. The number of nitrogens with one attached hydrogen (secondary N) is 2. The molecule has 52 heavy (non-hydrogen) atoms. The average Bonchev–Trinajstić information content (AvgIpc) is 3.19. The van der Waals surface area contributed by atoms with E-state index in [1.165, 1.54) is 33.4 Å². The predicted molar refractivity (Wildman–Crippen MR) is 219 cm³/mol. The minimum atomic E-state index is -0.339. The first kappa shape index (κ1) is 34.4. The first-order valence-electron chi connectivity index (χ1n) is 18.4. The van der Waals surface area contributed by atoms with Gasteiger partial charge in [-0.2, -0.15) is 0 Å². The molecule has 2 aliphatic rings. The molecule has 5 heteroatoms. The third-order valence-electron chi connectivity index (χ3n) is 10.6. The summed E-state index contributed by atoms with van der Waals surface area (Å²) in [5, 5.41) is 7.47. The monoisotopic (exact) mass is 716 g/mol. The van der Waals surface area contributed by atoms with Gasteiger partial charge in [0.15, 0.2) is 0 Å². The molecule has 2 saturated carbocycles. The second-order valence-electron chi connectivity index (χ2n) is 14.0. The quantitative estimate of drug-likeness (QED) is 0.124. The minimum absolute atomic E-state index is 0.0391. The number of amides is 2. The lowest BCUT2D eigenvalue weighted by molar-refractivity contribution is 0.218. The molecule has 6 aromatic carbocycles. The fourth-order valence-electron chi connectivity index (χ4n) is 7.92. The van der Waals surface area contributed by atoms with Crippen molar-refractivity contribution in [2.45, 2.75) is 57.8 Å². The van der Waals surface area contributed by atoms with Crippen molar-refractivity contribution in [3.8, 4) is 0 Å². The number of hydrogen-bond donors (Lipinski definition) is 2. The minimum Gasteiger partial charge on any atom is -0.335 e. The van der Waals surface area contributed by atoms with Crippen LogP contribution in [0.5, 0.6) is 0 Å². The Balaban J connectivity index is 0.917. The van der Waals surface area contributed by atoms with Gasteiger partial charge >= 0.3 is 6.03 Å². The summed E-state index contributed by atoms with van der Waals surface area (Å²) in [7, 11) is 0. The second kappa shape index (κ2) is 15.5. The Morgan fingerprint density at radius 1 is 0.385 bits per heavy atom. The van der Waals surface area contributed by atoms with Crippen LogP contribution in [0.3, 0.4) is 0 Å². The van der Waals surface area contributed by atoms with Crippen LogP contribution in [0.15, 0.2) is 182 Å². The first-order valence-corrected chi connectivity index (χ1v) is 20.2. The molecule has 2 amide bonds. The van der Waals surface area contributed by atoms with E-state index in [1.807, 2.05) is 23.5 Å². The van der Waals surface area contributed by atoms with Crippen LogP contribution in [-0.2, 0) is 9.49 Å². The Bertz CT molecular complexity index is 1680. The summed E-state index contributed by atoms with van der Waals surface area (Å²) in [5.41, 5.74) is 7.67. The lowest BCUT2D eigenvalue weighted by Crippen LogP contribution is -2.55. The molecule has 2 aliphatic carbocycles. The van der Waals surface area contributed by atoms with Gasteiger partial charge < -0.3 is 10.6 Å². The van der Waals surface area contributed by atoms with E-state index < -0.39 is 0 Å². The van der Waals surface area contributed by atoms with Gasteiger partial charge in [0.25, 0.3) is 0 Å². The van der Waals surface area contributed by atoms with E-state index in [0.29, 0.717) is 10.5 Å². The van der Waals surface area contributed by atoms with Gasteiger partial charge in [0, 0.05) is 22.6 Å². The van der Waals surface area contributed by atoms with Crippen molar-refractivity contribution in [1.82, 2.24) is 10.6 Å². The van der Waals surface area contributed by atoms with Gasteiger partial charge in [-0.05, 0) is 59.1 Å². The molecule has 2 N–H and O–H groups in total. The summed E-state index contributed by atoms with van der Waals surface area (Å²) in [6.07, 6.45) is 3.79. The molecule has 0 unspecified atom stereocenters. The topological polar surface area (TPSA) is 41.1 Å². The van der Waals surface area contributed by atoms with E-state index in [1.54, 1.807) is 0 Å². The third-order valence-corrected chi connectivity index (χ3v) is 14.2. The van der Waals surface area contributed by atoms with E-state index >= 15 is 0 Å². The highest BCUT2D eigenvalue weighted by Crippen LogP contribution is 2.55. The number of benzene rings is 6. The van der Waals surface area contributed by atoms with Gasteiger partial charge in [0.05, 0.1) is 9.49 Å². The molecular formula is C47H44N2OS2. The highest BCUT2D eigenvalue weighted by atomic mass is 32.2. The van der Waals surface area contributed by atoms with Crippen LogP contribution >= 0.6 is 23.5 Å². The number of hydrogen-bond acceptors (Lipinski definition) is 3. The summed E-state index contributed by atoms with van der Waals surface area (Å²) in [4.78, 5) is 13.3. The van der Waals surface area contributed by atoms with Crippen LogP contribution in [-0.4, -0.2) is 28.6 Å². The summed E-state index contributed by atoms with van der Waals surface area (Å²) in [6.45, 7) is 0. The molecule has 0 aliphatic heterocycles. The van der Waals surface area contributed by atoms with E-state index in [0.717, 1.165) is 25.7 Å². The molecule has 0 spiro atoms. The molecule has 2 fully saturated rings. The lowest BCUT2D eigenvalue weighted by atomic mass is 9.84. The molecule has 0 atom stereocenters. The molecule has 0 heterocycles. The molecule has 260 valence electrons. The maximum atomic E-state index is 13.3. The largest absolute Gasteiger partial charge is 0.335 e. The molecule has 0 saturated heterocycles. The molecule has 0 radical (unpaired) electrons. The maximum absolute atomic E-state index is 13.3. The van der Waals surface area contributed by atoms with Crippen molar-refractivity contribution in [3.63, 3.8) is 0 Å². The van der Waals surface area contributed by atoms with E-state index in [4.69, 9.17) is 0 Å². The molecular weight excluding hydrogens is 673 g/mol. The lowest BCUT2D eigenvalue weighted by Gasteiger charge is -2.45. The zero-order valence-corrected chi connectivity index (χ0v) is 30.8. The average molecular weight is 717 g/mol. The highest BCUT2D eigenvalue weighted by molar-refractivity contribution is 8.01. The standard InChI is InChI=1S/C47H44N2OS2/c50-45(48-41-31-43(32-41)51-46(35-19-7-1-8-20-35,36-21-9-2-10-22-36)37-23-11-3-12-24-37)49-42-33-44(34-42)52-47(38-25-13-4-14-26-38,39-27-15-5-16-28-39)40-29-17-6-18-30-40/h1-30,41-44H,31-34H2,(H2,48,49,50). The van der Waals surface area contributed by atoms with Gasteiger partial charge in [-0.3, -0.25) is 0 Å². The van der Waals surface area contributed by atoms with Crippen LogP contribution in [0.2, 0.25) is 0 Å². The summed E-state index contributed by atoms with van der Waals surface area (Å²) in [5.74, 6) is 0. The van der Waals surface area contributed by atoms with Crippen LogP contribution < -0.4 is 10.6 Å². The summed E-state index contributed by atoms with van der Waals surface area (Å²) in [6, 6.07) is 65.5. The Labute approximate surface area is 316 Å². The van der Waals surface area contributed by atoms with Gasteiger partial charge in [-0.1, -0.05) is 182 Å². The SMILES string of the molecule is O=C(NC1CC(SC(c2ccccc2)(c2ccccc2)c2ccccc2)C1)NC1CC(SC(c2ccccc2)(c2ccccc2)c2ccccc2)C1.